The second-order valence-corrected chi connectivity index (χ2v) is 8.50. The van der Waals surface area contributed by atoms with E-state index in [1.807, 2.05) is 13.0 Å². The Morgan fingerprint density at radius 3 is 2.54 bits per heavy atom. The highest BCUT2D eigenvalue weighted by Crippen LogP contribution is 2.37. The molecule has 0 amide bonds. The highest BCUT2D eigenvalue weighted by atomic mass is 16.5. The summed E-state index contributed by atoms with van der Waals surface area (Å²) in [6.07, 6.45) is 15.3. The van der Waals surface area contributed by atoms with Crippen molar-refractivity contribution >= 4 is 11.7 Å². The van der Waals surface area contributed by atoms with Crippen molar-refractivity contribution in [3.05, 3.63) is 11.6 Å². The van der Waals surface area contributed by atoms with Crippen LogP contribution in [-0.4, -0.2) is 24.3 Å². The fourth-order valence-corrected chi connectivity index (χ4v) is 4.06. The van der Waals surface area contributed by atoms with Crippen LogP contribution >= 0.6 is 0 Å². The zero-order valence-electron chi connectivity index (χ0n) is 17.4. The molecule has 2 rings (SSSR count). The van der Waals surface area contributed by atoms with E-state index in [4.69, 9.17) is 4.74 Å². The standard InChI is InChI=1S/C23H39NO2/c1-5-9-21(11-8-7-10-19(6-2)15-20-12-13-20)26-23-14-17(3)22(16-24-23)18(4)25/h14,19-22H,5-13,15-16H2,1-4H3. The van der Waals surface area contributed by atoms with Crippen molar-refractivity contribution in [2.45, 2.75) is 98.0 Å². The van der Waals surface area contributed by atoms with Gasteiger partial charge in [-0.25, -0.2) is 0 Å². The molecule has 1 heterocycles. The number of rotatable bonds is 12. The molecular weight excluding hydrogens is 322 g/mol. The summed E-state index contributed by atoms with van der Waals surface area (Å²) in [4.78, 5) is 16.1. The highest BCUT2D eigenvalue weighted by molar-refractivity contribution is 5.92. The maximum atomic E-state index is 11.6. The van der Waals surface area contributed by atoms with Gasteiger partial charge in [-0.05, 0) is 57.4 Å². The van der Waals surface area contributed by atoms with Gasteiger partial charge in [-0.2, -0.15) is 0 Å². The van der Waals surface area contributed by atoms with E-state index in [-0.39, 0.29) is 17.8 Å². The van der Waals surface area contributed by atoms with Crippen LogP contribution in [0.4, 0.5) is 0 Å². The quantitative estimate of drug-likeness (QED) is 0.393. The fourth-order valence-electron chi connectivity index (χ4n) is 4.06. The minimum Gasteiger partial charge on any atom is -0.475 e. The molecule has 3 unspecified atom stereocenters. The Balaban J connectivity index is 1.73. The topological polar surface area (TPSA) is 38.7 Å². The van der Waals surface area contributed by atoms with Gasteiger partial charge in [0.15, 0.2) is 0 Å². The molecule has 1 saturated carbocycles. The summed E-state index contributed by atoms with van der Waals surface area (Å²) in [7, 11) is 0. The van der Waals surface area contributed by atoms with Crippen molar-refractivity contribution in [2.75, 3.05) is 6.54 Å². The summed E-state index contributed by atoms with van der Waals surface area (Å²) in [5, 5.41) is 0. The van der Waals surface area contributed by atoms with Gasteiger partial charge < -0.3 is 4.74 Å². The van der Waals surface area contributed by atoms with Crippen LogP contribution in [0, 0.1) is 17.8 Å². The average Bonchev–Trinajstić information content (AvgIpc) is 3.41. The molecule has 0 radical (unpaired) electrons. The normalized spacial score (nSPS) is 22.4. The van der Waals surface area contributed by atoms with E-state index in [1.54, 1.807) is 6.92 Å². The van der Waals surface area contributed by atoms with Crippen LogP contribution in [-0.2, 0) is 9.53 Å². The molecule has 3 nitrogen and oxygen atoms in total. The highest BCUT2D eigenvalue weighted by Gasteiger charge is 2.25. The number of hydrogen-bond donors (Lipinski definition) is 0. The lowest BCUT2D eigenvalue weighted by Crippen LogP contribution is -2.25. The lowest BCUT2D eigenvalue weighted by Gasteiger charge is -2.23. The van der Waals surface area contributed by atoms with Crippen molar-refractivity contribution in [1.82, 2.24) is 0 Å². The van der Waals surface area contributed by atoms with Crippen molar-refractivity contribution in [1.29, 1.82) is 0 Å². The van der Waals surface area contributed by atoms with E-state index in [2.05, 4.69) is 18.8 Å². The van der Waals surface area contributed by atoms with Crippen molar-refractivity contribution in [2.24, 2.45) is 22.7 Å². The Labute approximate surface area is 160 Å². The van der Waals surface area contributed by atoms with Crippen LogP contribution < -0.4 is 0 Å². The molecule has 2 aliphatic rings. The number of Topliss-reactive ketones (excluding diaryl/α,β-unsaturated/α-hetero) is 1. The first-order chi connectivity index (χ1) is 12.5. The summed E-state index contributed by atoms with van der Waals surface area (Å²) >= 11 is 0. The van der Waals surface area contributed by atoms with E-state index < -0.39 is 0 Å². The molecule has 0 aromatic rings. The third-order valence-corrected chi connectivity index (χ3v) is 6.05. The lowest BCUT2D eigenvalue weighted by atomic mass is 9.92. The molecule has 1 fully saturated rings. The maximum Gasteiger partial charge on any atom is 0.208 e. The van der Waals surface area contributed by atoms with E-state index in [0.717, 1.165) is 42.6 Å². The largest absolute Gasteiger partial charge is 0.475 e. The first-order valence-electron chi connectivity index (χ1n) is 10.9. The molecule has 3 atom stereocenters. The van der Waals surface area contributed by atoms with Crippen LogP contribution in [0.3, 0.4) is 0 Å². The Morgan fingerprint density at radius 2 is 1.96 bits per heavy atom. The molecule has 0 bridgehead atoms. The summed E-state index contributed by atoms with van der Waals surface area (Å²) in [5.41, 5.74) is 1.09. The summed E-state index contributed by atoms with van der Waals surface area (Å²) in [5.74, 6) is 2.87. The maximum absolute atomic E-state index is 11.6. The second kappa shape index (κ2) is 10.9. The second-order valence-electron chi connectivity index (χ2n) is 8.50. The molecule has 1 aliphatic carbocycles. The van der Waals surface area contributed by atoms with E-state index in [9.17, 15) is 4.79 Å². The Hall–Kier alpha value is -1.12. The van der Waals surface area contributed by atoms with Crippen LogP contribution in [0.1, 0.15) is 91.9 Å². The average molecular weight is 362 g/mol. The molecule has 26 heavy (non-hydrogen) atoms. The number of nitrogens with zero attached hydrogens (tertiary/aromatic N) is 1. The first kappa shape index (κ1) is 21.2. The molecule has 0 aromatic carbocycles. The molecule has 148 valence electrons. The minimum atomic E-state index is -0.0515. The number of aliphatic imine (C=N–C) groups is 1. The van der Waals surface area contributed by atoms with Crippen LogP contribution in [0.25, 0.3) is 0 Å². The van der Waals surface area contributed by atoms with Gasteiger partial charge in [-0.1, -0.05) is 57.9 Å². The van der Waals surface area contributed by atoms with Gasteiger partial charge in [0, 0.05) is 0 Å². The predicted octanol–water partition coefficient (Wildman–Crippen LogP) is 6.12. The first-order valence-corrected chi connectivity index (χ1v) is 10.9. The predicted molar refractivity (Wildman–Crippen MR) is 110 cm³/mol. The zero-order valence-corrected chi connectivity index (χ0v) is 17.4. The molecule has 3 heteroatoms. The number of carbonyl (C=O) groups excluding carboxylic acids is 1. The summed E-state index contributed by atoms with van der Waals surface area (Å²) < 4.78 is 6.20. The van der Waals surface area contributed by atoms with Crippen molar-refractivity contribution in [3.63, 3.8) is 0 Å². The van der Waals surface area contributed by atoms with Crippen molar-refractivity contribution < 1.29 is 9.53 Å². The Kier molecular flexibility index (Phi) is 8.87. The molecule has 1 aliphatic heterocycles. The number of dihydropyridines is 1. The van der Waals surface area contributed by atoms with Crippen molar-refractivity contribution in [3.8, 4) is 0 Å². The van der Waals surface area contributed by atoms with Crippen LogP contribution in [0.2, 0.25) is 0 Å². The fraction of sp³-hybridized carbons (Fsp3) is 0.826. The minimum absolute atomic E-state index is 0.0515. The Bertz CT molecular complexity index is 504. The van der Waals surface area contributed by atoms with Gasteiger partial charge in [0.1, 0.15) is 11.9 Å². The number of ether oxygens (including phenoxy) is 1. The zero-order chi connectivity index (χ0) is 18.9. The van der Waals surface area contributed by atoms with E-state index >= 15 is 0 Å². The van der Waals surface area contributed by atoms with E-state index in [0.29, 0.717) is 6.54 Å². The monoisotopic (exact) mass is 361 g/mol. The number of ketones is 1. The molecule has 0 N–H and O–H groups in total. The molecular formula is C23H39NO2. The third-order valence-electron chi connectivity index (χ3n) is 6.05. The summed E-state index contributed by atoms with van der Waals surface area (Å²) in [6.45, 7) is 8.78. The molecule has 0 aromatic heterocycles. The third kappa shape index (κ3) is 7.25. The SMILES string of the molecule is CCCC(CCCCC(CC)CC1CC1)OC1=NCC(C(C)=O)C(C)=C1. The van der Waals surface area contributed by atoms with E-state index in [1.165, 1.54) is 44.9 Å². The number of carbonyl (C=O) groups is 1. The number of unbranched alkanes of at least 4 members (excludes halogenated alkanes) is 1. The van der Waals surface area contributed by atoms with Crippen LogP contribution in [0.5, 0.6) is 0 Å². The van der Waals surface area contributed by atoms with Gasteiger partial charge in [0.2, 0.25) is 5.90 Å². The smallest absolute Gasteiger partial charge is 0.208 e. The van der Waals surface area contributed by atoms with Gasteiger partial charge in [0.05, 0.1) is 12.5 Å². The van der Waals surface area contributed by atoms with Gasteiger partial charge in [-0.15, -0.1) is 0 Å². The molecule has 0 spiro atoms. The van der Waals surface area contributed by atoms with Gasteiger partial charge >= 0.3 is 0 Å². The molecule has 0 saturated heterocycles. The van der Waals surface area contributed by atoms with Gasteiger partial charge in [0.25, 0.3) is 0 Å². The summed E-state index contributed by atoms with van der Waals surface area (Å²) in [6, 6.07) is 0. The Morgan fingerprint density at radius 1 is 1.23 bits per heavy atom. The number of hydrogen-bond acceptors (Lipinski definition) is 3. The van der Waals surface area contributed by atoms with Gasteiger partial charge in [-0.3, -0.25) is 9.79 Å². The lowest BCUT2D eigenvalue weighted by molar-refractivity contribution is -0.119. The van der Waals surface area contributed by atoms with Crippen LogP contribution in [0.15, 0.2) is 16.6 Å².